The molecule has 1 unspecified atom stereocenters. The van der Waals surface area contributed by atoms with Crippen molar-refractivity contribution in [1.82, 2.24) is 19.8 Å². The molecule has 1 aliphatic rings. The molecule has 1 fully saturated rings. The molecule has 0 radical (unpaired) electrons. The lowest BCUT2D eigenvalue weighted by atomic mass is 10.1. The summed E-state index contributed by atoms with van der Waals surface area (Å²) in [5.41, 5.74) is 0. The number of likely N-dealkylation sites (N-methyl/N-ethyl adjacent to an activating group) is 1. The van der Waals surface area contributed by atoms with Crippen molar-refractivity contribution >= 4 is 23.6 Å². The molecule has 0 N–H and O–H groups in total. The molecule has 2 heterocycles. The molecule has 1 aromatic heterocycles. The van der Waals surface area contributed by atoms with Gasteiger partial charge in [0.25, 0.3) is 0 Å². The molecule has 0 bridgehead atoms. The number of carbonyl (C=O) groups excluding carboxylic acids is 1. The van der Waals surface area contributed by atoms with Crippen LogP contribution in [0.3, 0.4) is 0 Å². The highest BCUT2D eigenvalue weighted by molar-refractivity contribution is 6.30. The van der Waals surface area contributed by atoms with Gasteiger partial charge < -0.3 is 14.7 Å². The van der Waals surface area contributed by atoms with Gasteiger partial charge in [-0.2, -0.15) is 0 Å². The van der Waals surface area contributed by atoms with Crippen molar-refractivity contribution in [3.8, 4) is 0 Å². The van der Waals surface area contributed by atoms with Gasteiger partial charge in [-0.1, -0.05) is 11.6 Å². The van der Waals surface area contributed by atoms with Crippen molar-refractivity contribution < 1.29 is 4.79 Å². The van der Waals surface area contributed by atoms with E-state index in [-0.39, 0.29) is 12.1 Å². The highest BCUT2D eigenvalue weighted by atomic mass is 35.5. The van der Waals surface area contributed by atoms with Gasteiger partial charge in [-0.3, -0.25) is 0 Å². The highest BCUT2D eigenvalue weighted by Gasteiger charge is 2.27. The van der Waals surface area contributed by atoms with Gasteiger partial charge in [0.05, 0.1) is 23.5 Å². The van der Waals surface area contributed by atoms with Crippen molar-refractivity contribution in [3.05, 3.63) is 17.4 Å². The first-order chi connectivity index (χ1) is 9.49. The Morgan fingerprint density at radius 3 is 2.60 bits per heavy atom. The maximum absolute atomic E-state index is 12.0. The molecule has 1 aromatic rings. The Bertz CT molecular complexity index is 464. The van der Waals surface area contributed by atoms with Crippen LogP contribution in [0.1, 0.15) is 12.8 Å². The van der Waals surface area contributed by atoms with Gasteiger partial charge >= 0.3 is 6.03 Å². The average Bonchev–Trinajstić information content (AvgIpc) is 2.46. The maximum Gasteiger partial charge on any atom is 0.319 e. The topological polar surface area (TPSA) is 52.6 Å². The zero-order valence-electron chi connectivity index (χ0n) is 12.1. The number of hydrogen-bond acceptors (Lipinski definition) is 4. The van der Waals surface area contributed by atoms with Crippen LogP contribution in [0.5, 0.6) is 0 Å². The van der Waals surface area contributed by atoms with E-state index in [4.69, 9.17) is 11.6 Å². The summed E-state index contributed by atoms with van der Waals surface area (Å²) in [6.07, 6.45) is 5.21. The van der Waals surface area contributed by atoms with E-state index in [0.717, 1.165) is 25.9 Å². The fourth-order valence-corrected chi connectivity index (χ4v) is 2.49. The Morgan fingerprint density at radius 2 is 2.00 bits per heavy atom. The van der Waals surface area contributed by atoms with Crippen LogP contribution in [0.15, 0.2) is 12.4 Å². The zero-order valence-corrected chi connectivity index (χ0v) is 12.8. The summed E-state index contributed by atoms with van der Waals surface area (Å²) in [4.78, 5) is 26.0. The largest absolute Gasteiger partial charge is 0.339 e. The fraction of sp³-hybridized carbons (Fsp3) is 0.615. The third-order valence-corrected chi connectivity index (χ3v) is 3.71. The summed E-state index contributed by atoms with van der Waals surface area (Å²) in [5, 5.41) is 0.530. The van der Waals surface area contributed by atoms with Gasteiger partial charge in [0, 0.05) is 34.2 Å². The summed E-state index contributed by atoms with van der Waals surface area (Å²) in [5.74, 6) is 0.671. The molecule has 1 atom stereocenters. The third kappa shape index (κ3) is 3.30. The summed E-state index contributed by atoms with van der Waals surface area (Å²) >= 11 is 5.80. The molecule has 0 aromatic carbocycles. The normalized spacial score (nSPS) is 18.8. The Morgan fingerprint density at radius 1 is 1.35 bits per heavy atom. The molecule has 2 rings (SSSR count). The van der Waals surface area contributed by atoms with Crippen LogP contribution in [-0.4, -0.2) is 66.1 Å². The van der Waals surface area contributed by atoms with E-state index in [0.29, 0.717) is 11.0 Å². The van der Waals surface area contributed by atoms with Gasteiger partial charge in [0.2, 0.25) is 5.95 Å². The van der Waals surface area contributed by atoms with Crippen molar-refractivity contribution in [1.29, 1.82) is 0 Å². The van der Waals surface area contributed by atoms with E-state index >= 15 is 0 Å². The van der Waals surface area contributed by atoms with Crippen LogP contribution < -0.4 is 4.90 Å². The van der Waals surface area contributed by atoms with Crippen molar-refractivity contribution in [2.45, 2.75) is 18.9 Å². The lowest BCUT2D eigenvalue weighted by molar-refractivity contribution is 0.157. The Labute approximate surface area is 124 Å². The first-order valence-corrected chi connectivity index (χ1v) is 7.03. The van der Waals surface area contributed by atoms with Gasteiger partial charge in [-0.05, 0) is 12.8 Å². The predicted molar refractivity (Wildman–Crippen MR) is 79.1 cm³/mol. The van der Waals surface area contributed by atoms with Gasteiger partial charge in [-0.15, -0.1) is 0 Å². The van der Waals surface area contributed by atoms with Crippen LogP contribution in [0.2, 0.25) is 5.02 Å². The van der Waals surface area contributed by atoms with Gasteiger partial charge in [-0.25, -0.2) is 14.8 Å². The molecule has 0 saturated carbocycles. The number of halogens is 1. The summed E-state index contributed by atoms with van der Waals surface area (Å²) in [6, 6.07) is 0.201. The van der Waals surface area contributed by atoms with Crippen LogP contribution >= 0.6 is 11.6 Å². The molecular weight excluding hydrogens is 278 g/mol. The number of urea groups is 1. The predicted octanol–water partition coefficient (Wildman–Crippen LogP) is 1.71. The number of anilines is 1. The number of aromatic nitrogens is 2. The quantitative estimate of drug-likeness (QED) is 0.834. The Hall–Kier alpha value is -1.56. The van der Waals surface area contributed by atoms with E-state index in [2.05, 4.69) is 14.9 Å². The monoisotopic (exact) mass is 297 g/mol. The van der Waals surface area contributed by atoms with Crippen LogP contribution in [-0.2, 0) is 0 Å². The molecule has 2 amide bonds. The lowest BCUT2D eigenvalue weighted by Crippen LogP contribution is -2.51. The molecule has 0 spiro atoms. The fourth-order valence-electron chi connectivity index (χ4n) is 2.39. The summed E-state index contributed by atoms with van der Waals surface area (Å²) < 4.78 is 0. The van der Waals surface area contributed by atoms with Crippen molar-refractivity contribution in [3.63, 3.8) is 0 Å². The zero-order chi connectivity index (χ0) is 14.7. The molecule has 110 valence electrons. The second-order valence-electron chi connectivity index (χ2n) is 5.23. The van der Waals surface area contributed by atoms with Crippen molar-refractivity contribution in [2.24, 2.45) is 0 Å². The van der Waals surface area contributed by atoms with Crippen molar-refractivity contribution in [2.75, 3.05) is 39.1 Å². The molecule has 1 saturated heterocycles. The highest BCUT2D eigenvalue weighted by Crippen LogP contribution is 2.20. The number of hydrogen-bond donors (Lipinski definition) is 0. The van der Waals surface area contributed by atoms with E-state index in [1.165, 1.54) is 0 Å². The van der Waals surface area contributed by atoms with E-state index < -0.39 is 0 Å². The molecule has 7 heteroatoms. The van der Waals surface area contributed by atoms with E-state index in [9.17, 15) is 4.79 Å². The van der Waals surface area contributed by atoms with Crippen LogP contribution in [0.4, 0.5) is 10.7 Å². The summed E-state index contributed by atoms with van der Waals surface area (Å²) in [7, 11) is 5.38. The first-order valence-electron chi connectivity index (χ1n) is 6.65. The third-order valence-electron chi connectivity index (χ3n) is 3.52. The molecular formula is C13H20ClN5O. The summed E-state index contributed by atoms with van der Waals surface area (Å²) in [6.45, 7) is 1.65. The second-order valence-corrected chi connectivity index (χ2v) is 5.67. The first kappa shape index (κ1) is 14.8. The van der Waals surface area contributed by atoms with Gasteiger partial charge in [0.1, 0.15) is 0 Å². The Kier molecular flexibility index (Phi) is 4.65. The minimum absolute atomic E-state index is 0.0221. The maximum atomic E-state index is 12.0. The minimum Gasteiger partial charge on any atom is -0.339 e. The number of rotatable bonds is 2. The van der Waals surface area contributed by atoms with Crippen LogP contribution in [0.25, 0.3) is 0 Å². The van der Waals surface area contributed by atoms with E-state index in [1.807, 2.05) is 7.05 Å². The smallest absolute Gasteiger partial charge is 0.319 e. The van der Waals surface area contributed by atoms with E-state index in [1.54, 1.807) is 36.3 Å². The number of carbonyl (C=O) groups is 1. The number of nitrogens with zero attached hydrogens (tertiary/aromatic N) is 5. The SMILES string of the molecule is CN(C)C(=O)N(C)C1CCCN(c2ncc(Cl)cn2)C1. The Balaban J connectivity index is 2.05. The standard InChI is InChI=1S/C13H20ClN5O/c1-17(2)13(20)18(3)11-5-4-6-19(9-11)12-15-7-10(14)8-16-12/h7-8,11H,4-6,9H2,1-3H3. The minimum atomic E-state index is 0.0221. The number of piperidine rings is 1. The van der Waals surface area contributed by atoms with Crippen LogP contribution in [0, 0.1) is 0 Å². The van der Waals surface area contributed by atoms with Gasteiger partial charge in [0.15, 0.2) is 0 Å². The molecule has 6 nitrogen and oxygen atoms in total. The molecule has 0 aliphatic carbocycles. The lowest BCUT2D eigenvalue weighted by Gasteiger charge is -2.38. The average molecular weight is 298 g/mol. The molecule has 1 aliphatic heterocycles. The molecule has 20 heavy (non-hydrogen) atoms. The second kappa shape index (κ2) is 6.26. The number of amides is 2.